The van der Waals surface area contributed by atoms with Crippen LogP contribution in [0, 0.1) is 6.92 Å². The molecule has 0 aliphatic heterocycles. The summed E-state index contributed by atoms with van der Waals surface area (Å²) in [6, 6.07) is 6.34. The molecule has 1 unspecified atom stereocenters. The number of rotatable bonds is 6. The van der Waals surface area contributed by atoms with Crippen molar-refractivity contribution in [3.8, 4) is 5.75 Å². The highest BCUT2D eigenvalue weighted by Crippen LogP contribution is 2.25. The van der Waals surface area contributed by atoms with Crippen molar-refractivity contribution in [3.05, 3.63) is 28.8 Å². The van der Waals surface area contributed by atoms with Gasteiger partial charge in [-0.3, -0.25) is 0 Å². The van der Waals surface area contributed by atoms with E-state index in [2.05, 4.69) is 19.2 Å². The molecule has 1 aromatic carbocycles. The molecule has 0 amide bonds. The molecule has 0 aliphatic rings. The number of nitrogens with one attached hydrogen (secondary N) is 1. The lowest BCUT2D eigenvalue weighted by molar-refractivity contribution is 0.291. The summed E-state index contributed by atoms with van der Waals surface area (Å²) in [6.45, 7) is 7.96. The van der Waals surface area contributed by atoms with Gasteiger partial charge in [-0.1, -0.05) is 24.6 Å². The summed E-state index contributed by atoms with van der Waals surface area (Å²) in [7, 11) is 0. The molecule has 0 aliphatic carbocycles. The van der Waals surface area contributed by atoms with Crippen LogP contribution in [0.3, 0.4) is 0 Å². The summed E-state index contributed by atoms with van der Waals surface area (Å²) in [5.41, 5.74) is 1.15. The van der Waals surface area contributed by atoms with E-state index in [0.29, 0.717) is 17.7 Å². The molecular formula is C13H20ClNO. The summed E-state index contributed by atoms with van der Waals surface area (Å²) in [4.78, 5) is 0. The second-order valence-electron chi connectivity index (χ2n) is 4.03. The molecular weight excluding hydrogens is 222 g/mol. The molecule has 1 rings (SSSR count). The molecule has 2 nitrogen and oxygen atoms in total. The quantitative estimate of drug-likeness (QED) is 0.824. The molecule has 0 saturated heterocycles. The smallest absolute Gasteiger partial charge is 0.137 e. The second kappa shape index (κ2) is 6.77. The SMILES string of the molecule is CCNC(C)CCOc1ccc(C)cc1Cl. The van der Waals surface area contributed by atoms with Crippen LogP contribution in [0.4, 0.5) is 0 Å². The van der Waals surface area contributed by atoms with Crippen LogP contribution in [0.1, 0.15) is 25.8 Å². The van der Waals surface area contributed by atoms with Gasteiger partial charge in [0.05, 0.1) is 11.6 Å². The first-order chi connectivity index (χ1) is 7.63. The molecule has 1 atom stereocenters. The molecule has 16 heavy (non-hydrogen) atoms. The van der Waals surface area contributed by atoms with Gasteiger partial charge in [-0.05, 0) is 44.5 Å². The van der Waals surface area contributed by atoms with Crippen LogP contribution >= 0.6 is 11.6 Å². The van der Waals surface area contributed by atoms with Crippen LogP contribution in [0.5, 0.6) is 5.75 Å². The Kier molecular flexibility index (Phi) is 5.64. The Balaban J connectivity index is 2.37. The normalized spacial score (nSPS) is 12.5. The summed E-state index contributed by atoms with van der Waals surface area (Å²) in [5.74, 6) is 0.774. The lowest BCUT2D eigenvalue weighted by Gasteiger charge is -2.13. The van der Waals surface area contributed by atoms with Gasteiger partial charge in [-0.15, -0.1) is 0 Å². The van der Waals surface area contributed by atoms with Gasteiger partial charge in [0, 0.05) is 6.04 Å². The average Bonchev–Trinajstić information content (AvgIpc) is 2.22. The molecule has 0 spiro atoms. The summed E-state index contributed by atoms with van der Waals surface area (Å²) >= 11 is 6.07. The van der Waals surface area contributed by atoms with Gasteiger partial charge in [0.2, 0.25) is 0 Å². The summed E-state index contributed by atoms with van der Waals surface area (Å²) in [6.07, 6.45) is 0.984. The first kappa shape index (κ1) is 13.3. The van der Waals surface area contributed by atoms with Gasteiger partial charge in [0.25, 0.3) is 0 Å². The number of hydrogen-bond donors (Lipinski definition) is 1. The van der Waals surface area contributed by atoms with Gasteiger partial charge in [-0.25, -0.2) is 0 Å². The Morgan fingerprint density at radius 1 is 1.44 bits per heavy atom. The van der Waals surface area contributed by atoms with Crippen molar-refractivity contribution in [1.29, 1.82) is 0 Å². The van der Waals surface area contributed by atoms with E-state index in [1.165, 1.54) is 0 Å². The maximum atomic E-state index is 6.07. The fraction of sp³-hybridized carbons (Fsp3) is 0.538. The lowest BCUT2D eigenvalue weighted by Crippen LogP contribution is -2.27. The van der Waals surface area contributed by atoms with Gasteiger partial charge in [0.15, 0.2) is 0 Å². The highest BCUT2D eigenvalue weighted by atomic mass is 35.5. The first-order valence-electron chi connectivity index (χ1n) is 5.75. The van der Waals surface area contributed by atoms with Crippen LogP contribution in [-0.4, -0.2) is 19.2 Å². The van der Waals surface area contributed by atoms with E-state index in [9.17, 15) is 0 Å². The number of halogens is 1. The highest BCUT2D eigenvalue weighted by Gasteiger charge is 2.03. The van der Waals surface area contributed by atoms with E-state index in [1.807, 2.05) is 25.1 Å². The molecule has 0 fully saturated rings. The van der Waals surface area contributed by atoms with Crippen LogP contribution < -0.4 is 10.1 Å². The molecule has 0 saturated carbocycles. The number of aryl methyl sites for hydroxylation is 1. The van der Waals surface area contributed by atoms with E-state index in [-0.39, 0.29) is 0 Å². The van der Waals surface area contributed by atoms with Crippen molar-refractivity contribution in [2.75, 3.05) is 13.2 Å². The predicted molar refractivity (Wildman–Crippen MR) is 69.4 cm³/mol. The minimum Gasteiger partial charge on any atom is -0.492 e. The van der Waals surface area contributed by atoms with Gasteiger partial charge in [0.1, 0.15) is 5.75 Å². The van der Waals surface area contributed by atoms with E-state index in [4.69, 9.17) is 16.3 Å². The van der Waals surface area contributed by atoms with Crippen molar-refractivity contribution in [1.82, 2.24) is 5.32 Å². The molecule has 0 heterocycles. The zero-order valence-corrected chi connectivity index (χ0v) is 11.0. The van der Waals surface area contributed by atoms with Crippen LogP contribution in [0.15, 0.2) is 18.2 Å². The molecule has 0 bridgehead atoms. The Labute approximate surface area is 103 Å². The highest BCUT2D eigenvalue weighted by molar-refractivity contribution is 6.32. The Bertz CT molecular complexity index is 328. The lowest BCUT2D eigenvalue weighted by atomic mass is 10.2. The number of hydrogen-bond acceptors (Lipinski definition) is 2. The fourth-order valence-electron chi connectivity index (χ4n) is 1.52. The largest absolute Gasteiger partial charge is 0.492 e. The first-order valence-corrected chi connectivity index (χ1v) is 6.13. The Hall–Kier alpha value is -0.730. The van der Waals surface area contributed by atoms with Crippen LogP contribution in [0.2, 0.25) is 5.02 Å². The number of ether oxygens (including phenoxy) is 1. The van der Waals surface area contributed by atoms with Crippen molar-refractivity contribution in [2.24, 2.45) is 0 Å². The van der Waals surface area contributed by atoms with Crippen LogP contribution in [-0.2, 0) is 0 Å². The third-order valence-corrected chi connectivity index (χ3v) is 2.74. The zero-order valence-electron chi connectivity index (χ0n) is 10.2. The second-order valence-corrected chi connectivity index (χ2v) is 4.44. The maximum Gasteiger partial charge on any atom is 0.137 e. The fourth-order valence-corrected chi connectivity index (χ4v) is 1.81. The third-order valence-electron chi connectivity index (χ3n) is 2.45. The zero-order chi connectivity index (χ0) is 12.0. The van der Waals surface area contributed by atoms with Crippen molar-refractivity contribution in [3.63, 3.8) is 0 Å². The van der Waals surface area contributed by atoms with Gasteiger partial charge < -0.3 is 10.1 Å². The molecule has 90 valence electrons. The topological polar surface area (TPSA) is 21.3 Å². The third kappa shape index (κ3) is 4.42. The van der Waals surface area contributed by atoms with Crippen molar-refractivity contribution < 1.29 is 4.74 Å². The molecule has 3 heteroatoms. The van der Waals surface area contributed by atoms with E-state index >= 15 is 0 Å². The van der Waals surface area contributed by atoms with Gasteiger partial charge in [-0.2, -0.15) is 0 Å². The van der Waals surface area contributed by atoms with E-state index in [0.717, 1.165) is 24.3 Å². The Morgan fingerprint density at radius 3 is 2.81 bits per heavy atom. The van der Waals surface area contributed by atoms with Crippen molar-refractivity contribution in [2.45, 2.75) is 33.2 Å². The van der Waals surface area contributed by atoms with Crippen LogP contribution in [0.25, 0.3) is 0 Å². The monoisotopic (exact) mass is 241 g/mol. The molecule has 1 aromatic rings. The molecule has 0 aromatic heterocycles. The molecule has 1 N–H and O–H groups in total. The maximum absolute atomic E-state index is 6.07. The average molecular weight is 242 g/mol. The van der Waals surface area contributed by atoms with Gasteiger partial charge >= 0.3 is 0 Å². The predicted octanol–water partition coefficient (Wildman–Crippen LogP) is 3.42. The minimum atomic E-state index is 0.481. The summed E-state index contributed by atoms with van der Waals surface area (Å²) < 4.78 is 5.64. The minimum absolute atomic E-state index is 0.481. The summed E-state index contributed by atoms with van der Waals surface area (Å²) in [5, 5.41) is 4.03. The Morgan fingerprint density at radius 2 is 2.19 bits per heavy atom. The van der Waals surface area contributed by atoms with E-state index in [1.54, 1.807) is 0 Å². The van der Waals surface area contributed by atoms with Crippen molar-refractivity contribution >= 4 is 11.6 Å². The van der Waals surface area contributed by atoms with E-state index < -0.39 is 0 Å². The standard InChI is InChI=1S/C13H20ClNO/c1-4-15-11(3)7-8-16-13-6-5-10(2)9-12(13)14/h5-6,9,11,15H,4,7-8H2,1-3H3. The molecule has 0 radical (unpaired) electrons. The number of benzene rings is 1.